The fourth-order valence-corrected chi connectivity index (χ4v) is 9.35. The van der Waals surface area contributed by atoms with Gasteiger partial charge in [0.15, 0.2) is 0 Å². The lowest BCUT2D eigenvalue weighted by Crippen LogP contribution is -1.99. The van der Waals surface area contributed by atoms with Crippen molar-refractivity contribution in [1.82, 2.24) is 13.7 Å². The molecule has 0 aliphatic heterocycles. The van der Waals surface area contributed by atoms with Crippen molar-refractivity contribution in [3.05, 3.63) is 225 Å². The fourth-order valence-electron chi connectivity index (χ4n) is 9.35. The second-order valence-electron chi connectivity index (χ2n) is 15.4. The minimum atomic E-state index is 1.12. The van der Waals surface area contributed by atoms with E-state index in [1.165, 1.54) is 87.9 Å². The van der Waals surface area contributed by atoms with Crippen LogP contribution in [0.4, 0.5) is 0 Å². The summed E-state index contributed by atoms with van der Waals surface area (Å²) in [5.74, 6) is 0. The van der Waals surface area contributed by atoms with Gasteiger partial charge in [-0.25, -0.2) is 0 Å². The highest BCUT2D eigenvalue weighted by molar-refractivity contribution is 6.18. The van der Waals surface area contributed by atoms with Crippen LogP contribution in [0, 0.1) is 0 Å². The van der Waals surface area contributed by atoms with Gasteiger partial charge in [-0.15, -0.1) is 0 Å². The van der Waals surface area contributed by atoms with E-state index in [9.17, 15) is 0 Å². The van der Waals surface area contributed by atoms with Crippen molar-refractivity contribution in [3.63, 3.8) is 0 Å². The van der Waals surface area contributed by atoms with Crippen LogP contribution in [-0.2, 0) is 0 Å². The number of hydrogen-bond acceptors (Lipinski definition) is 0. The van der Waals surface area contributed by atoms with E-state index >= 15 is 0 Å². The molecule has 12 aromatic rings. The highest BCUT2D eigenvalue weighted by Gasteiger charge is 2.19. The molecule has 276 valence electrons. The maximum absolute atomic E-state index is 2.47. The van der Waals surface area contributed by atoms with E-state index in [1.54, 1.807) is 0 Å². The normalized spacial score (nSPS) is 11.7. The van der Waals surface area contributed by atoms with Crippen molar-refractivity contribution in [1.29, 1.82) is 0 Å². The van der Waals surface area contributed by atoms with E-state index in [-0.39, 0.29) is 0 Å². The number of fused-ring (bicyclic) bond motifs is 8. The molecule has 0 radical (unpaired) electrons. The summed E-state index contributed by atoms with van der Waals surface area (Å²) in [5, 5.41) is 6.19. The first-order valence-corrected chi connectivity index (χ1v) is 20.3. The topological polar surface area (TPSA) is 14.8 Å². The SMILES string of the molecule is c1ccc(-c2cc(-c3ccccc3)cc(-n3ccc4c3ccc3c5ccccc5n(-c5cccc(-n6c7ccccc7c7cc(-c8ccccc8)ccc76)c5)c34)c2)cc1. The number of hydrogen-bond donors (Lipinski definition) is 0. The molecule has 3 nitrogen and oxygen atoms in total. The molecule has 0 saturated carbocycles. The molecule has 3 heteroatoms. The highest BCUT2D eigenvalue weighted by Crippen LogP contribution is 2.40. The number of para-hydroxylation sites is 2. The highest BCUT2D eigenvalue weighted by atomic mass is 15.0. The lowest BCUT2D eigenvalue weighted by Gasteiger charge is -2.14. The van der Waals surface area contributed by atoms with E-state index in [4.69, 9.17) is 0 Å². The van der Waals surface area contributed by atoms with Gasteiger partial charge in [0.25, 0.3) is 0 Å². The summed E-state index contributed by atoms with van der Waals surface area (Å²) in [6.07, 6.45) is 2.24. The Labute approximate surface area is 341 Å². The molecule has 0 amide bonds. The van der Waals surface area contributed by atoms with Gasteiger partial charge in [-0.1, -0.05) is 146 Å². The molecular weight excluding hydrogens is 715 g/mol. The summed E-state index contributed by atoms with van der Waals surface area (Å²) in [7, 11) is 0. The van der Waals surface area contributed by atoms with Crippen LogP contribution >= 0.6 is 0 Å². The van der Waals surface area contributed by atoms with Crippen LogP contribution in [0.25, 0.3) is 105 Å². The molecule has 3 aromatic heterocycles. The second-order valence-corrected chi connectivity index (χ2v) is 15.4. The summed E-state index contributed by atoms with van der Waals surface area (Å²) in [4.78, 5) is 0. The Morgan fingerprint density at radius 1 is 0.237 bits per heavy atom. The molecule has 9 aromatic carbocycles. The van der Waals surface area contributed by atoms with Crippen LogP contribution in [0.3, 0.4) is 0 Å². The van der Waals surface area contributed by atoms with Gasteiger partial charge in [0, 0.05) is 50.2 Å². The molecule has 0 N–H and O–H groups in total. The van der Waals surface area contributed by atoms with Crippen molar-refractivity contribution < 1.29 is 0 Å². The molecule has 0 atom stereocenters. The molecule has 0 fully saturated rings. The zero-order valence-corrected chi connectivity index (χ0v) is 32.2. The molecule has 12 rings (SSSR count). The largest absolute Gasteiger partial charge is 0.316 e. The fraction of sp³-hybridized carbons (Fsp3) is 0. The van der Waals surface area contributed by atoms with Crippen molar-refractivity contribution >= 4 is 54.5 Å². The number of aromatic nitrogens is 3. The van der Waals surface area contributed by atoms with Crippen molar-refractivity contribution in [2.45, 2.75) is 0 Å². The molecule has 0 aliphatic carbocycles. The third-order valence-corrected chi connectivity index (χ3v) is 12.0. The monoisotopic (exact) mass is 751 g/mol. The van der Waals surface area contributed by atoms with Gasteiger partial charge in [0.05, 0.1) is 27.6 Å². The third-order valence-electron chi connectivity index (χ3n) is 12.0. The molecule has 0 unspecified atom stereocenters. The molecule has 0 spiro atoms. The maximum atomic E-state index is 2.47. The Morgan fingerprint density at radius 3 is 1.42 bits per heavy atom. The Hall–Kier alpha value is -7.88. The second kappa shape index (κ2) is 13.4. The zero-order chi connectivity index (χ0) is 38.9. The van der Waals surface area contributed by atoms with E-state index in [2.05, 4.69) is 238 Å². The standard InChI is InChI=1S/C56H37N3/c1-4-15-38(16-5-1)41-27-29-55-51(36-41)48-24-11-12-25-53(48)58(55)44-21-14-22-45(37-44)59-54-26-13-10-23-47(54)49-28-30-52-50(56(49)59)31-32-57(52)46-34-42(39-17-6-2-7-18-39)33-43(35-46)40-19-8-3-9-20-40/h1-37H. The summed E-state index contributed by atoms with van der Waals surface area (Å²) in [6, 6.07) is 79.4. The Balaban J connectivity index is 1.06. The van der Waals surface area contributed by atoms with Gasteiger partial charge in [-0.2, -0.15) is 0 Å². The van der Waals surface area contributed by atoms with Gasteiger partial charge in [-0.05, 0) is 106 Å². The number of nitrogens with zero attached hydrogens (tertiary/aromatic N) is 3. The van der Waals surface area contributed by atoms with E-state index in [0.717, 1.165) is 17.1 Å². The molecule has 59 heavy (non-hydrogen) atoms. The zero-order valence-electron chi connectivity index (χ0n) is 32.2. The Morgan fingerprint density at radius 2 is 0.763 bits per heavy atom. The minimum Gasteiger partial charge on any atom is -0.316 e. The van der Waals surface area contributed by atoms with E-state index in [0.29, 0.717) is 0 Å². The summed E-state index contributed by atoms with van der Waals surface area (Å²) in [6.45, 7) is 0. The van der Waals surface area contributed by atoms with Crippen LogP contribution in [0.1, 0.15) is 0 Å². The van der Waals surface area contributed by atoms with Gasteiger partial charge < -0.3 is 13.7 Å². The van der Waals surface area contributed by atoms with Crippen LogP contribution < -0.4 is 0 Å². The minimum absolute atomic E-state index is 1.12. The van der Waals surface area contributed by atoms with E-state index in [1.807, 2.05) is 0 Å². The van der Waals surface area contributed by atoms with Crippen molar-refractivity contribution in [2.24, 2.45) is 0 Å². The van der Waals surface area contributed by atoms with Gasteiger partial charge >= 0.3 is 0 Å². The molecular formula is C56H37N3. The first-order valence-electron chi connectivity index (χ1n) is 20.3. The summed E-state index contributed by atoms with van der Waals surface area (Å²) in [5.41, 5.74) is 16.6. The Kier molecular flexibility index (Phi) is 7.54. The van der Waals surface area contributed by atoms with Gasteiger partial charge in [-0.3, -0.25) is 0 Å². The lowest BCUT2D eigenvalue weighted by molar-refractivity contribution is 1.13. The van der Waals surface area contributed by atoms with E-state index < -0.39 is 0 Å². The smallest absolute Gasteiger partial charge is 0.0635 e. The first kappa shape index (κ1) is 33.3. The van der Waals surface area contributed by atoms with Crippen LogP contribution in [-0.4, -0.2) is 13.7 Å². The van der Waals surface area contributed by atoms with Crippen LogP contribution in [0.15, 0.2) is 225 Å². The molecule has 0 aliphatic rings. The van der Waals surface area contributed by atoms with Crippen molar-refractivity contribution in [2.75, 3.05) is 0 Å². The van der Waals surface area contributed by atoms with Crippen molar-refractivity contribution in [3.8, 4) is 50.4 Å². The molecule has 0 saturated heterocycles. The van der Waals surface area contributed by atoms with Crippen LogP contribution in [0.2, 0.25) is 0 Å². The average molecular weight is 752 g/mol. The predicted molar refractivity (Wildman–Crippen MR) is 248 cm³/mol. The van der Waals surface area contributed by atoms with Crippen LogP contribution in [0.5, 0.6) is 0 Å². The van der Waals surface area contributed by atoms with Gasteiger partial charge in [0.2, 0.25) is 0 Å². The van der Waals surface area contributed by atoms with Gasteiger partial charge in [0.1, 0.15) is 0 Å². The summed E-state index contributed by atoms with van der Waals surface area (Å²) < 4.78 is 7.25. The number of rotatable bonds is 6. The molecule has 0 bridgehead atoms. The third kappa shape index (κ3) is 5.36. The maximum Gasteiger partial charge on any atom is 0.0635 e. The Bertz CT molecular complexity index is 3470. The molecule has 3 heterocycles. The summed E-state index contributed by atoms with van der Waals surface area (Å²) >= 11 is 0. The lowest BCUT2D eigenvalue weighted by atomic mass is 9.98. The first-order chi connectivity index (χ1) is 29.3. The number of benzene rings is 9. The quantitative estimate of drug-likeness (QED) is 0.161. The average Bonchev–Trinajstić information content (AvgIpc) is 4.00. The predicted octanol–water partition coefficient (Wildman–Crippen LogP) is 14.8.